The standard InChI is InChI=1S/C15H23NO10/c1-8(18)16-13-14(23-7-17)24-12(6-22-9(2)19)5-15(13,25-10(3)20)26-11(4)21/h12-14,17H,5-7H2,1-4H3,(H,16,18). The second-order valence-corrected chi connectivity index (χ2v) is 5.61. The molecular formula is C15H23NO10. The van der Waals surface area contributed by atoms with Crippen LogP contribution in [0.25, 0.3) is 0 Å². The summed E-state index contributed by atoms with van der Waals surface area (Å²) in [6, 6.07) is -1.27. The highest BCUT2D eigenvalue weighted by atomic mass is 16.8. The van der Waals surface area contributed by atoms with Gasteiger partial charge in [-0.25, -0.2) is 0 Å². The Kier molecular flexibility index (Phi) is 7.93. The average Bonchev–Trinajstić information content (AvgIpc) is 2.47. The van der Waals surface area contributed by atoms with Crippen LogP contribution in [0.15, 0.2) is 0 Å². The zero-order valence-electron chi connectivity index (χ0n) is 15.0. The number of rotatable bonds is 7. The summed E-state index contributed by atoms with van der Waals surface area (Å²) >= 11 is 0. The van der Waals surface area contributed by atoms with Crippen LogP contribution in [0.3, 0.4) is 0 Å². The molecule has 1 saturated heterocycles. The van der Waals surface area contributed by atoms with Crippen LogP contribution in [-0.4, -0.2) is 66.5 Å². The molecule has 11 nitrogen and oxygen atoms in total. The first kappa shape index (κ1) is 21.8. The molecule has 3 atom stereocenters. The van der Waals surface area contributed by atoms with E-state index in [1.807, 2.05) is 0 Å². The van der Waals surface area contributed by atoms with Crippen molar-refractivity contribution in [3.8, 4) is 0 Å². The van der Waals surface area contributed by atoms with E-state index in [4.69, 9.17) is 28.8 Å². The Morgan fingerprint density at radius 1 is 1.08 bits per heavy atom. The Balaban J connectivity index is 3.28. The molecule has 0 aromatic carbocycles. The molecule has 1 amide bonds. The number of carbonyl (C=O) groups is 4. The van der Waals surface area contributed by atoms with Crippen molar-refractivity contribution in [1.82, 2.24) is 5.32 Å². The lowest BCUT2D eigenvalue weighted by Crippen LogP contribution is -2.68. The number of nitrogens with one attached hydrogen (secondary N) is 1. The fourth-order valence-electron chi connectivity index (χ4n) is 2.60. The van der Waals surface area contributed by atoms with Crippen molar-refractivity contribution in [2.45, 2.75) is 58.3 Å². The molecule has 2 N–H and O–H groups in total. The minimum atomic E-state index is -1.98. The Morgan fingerprint density at radius 3 is 2.08 bits per heavy atom. The highest BCUT2D eigenvalue weighted by Crippen LogP contribution is 2.35. The number of hydrogen-bond acceptors (Lipinski definition) is 10. The molecule has 0 aromatic heterocycles. The molecule has 0 aliphatic carbocycles. The van der Waals surface area contributed by atoms with E-state index in [0.29, 0.717) is 0 Å². The minimum absolute atomic E-state index is 0.240. The van der Waals surface area contributed by atoms with E-state index < -0.39 is 54.8 Å². The van der Waals surface area contributed by atoms with E-state index >= 15 is 0 Å². The number of esters is 3. The Labute approximate surface area is 149 Å². The molecular weight excluding hydrogens is 354 g/mol. The normalized spacial score (nSPS) is 24.3. The van der Waals surface area contributed by atoms with Crippen molar-refractivity contribution in [2.75, 3.05) is 13.4 Å². The third-order valence-corrected chi connectivity index (χ3v) is 3.29. The maximum Gasteiger partial charge on any atom is 0.305 e. The molecule has 0 bridgehead atoms. The molecule has 0 radical (unpaired) electrons. The van der Waals surface area contributed by atoms with Crippen molar-refractivity contribution in [3.05, 3.63) is 0 Å². The van der Waals surface area contributed by atoms with Crippen LogP contribution in [0.1, 0.15) is 34.1 Å². The summed E-state index contributed by atoms with van der Waals surface area (Å²) < 4.78 is 26.0. The largest absolute Gasteiger partial charge is 0.463 e. The predicted octanol–water partition coefficient (Wildman–Crippen LogP) is -1.04. The molecule has 1 fully saturated rings. The van der Waals surface area contributed by atoms with E-state index in [0.717, 1.165) is 13.8 Å². The maximum atomic E-state index is 11.6. The summed E-state index contributed by atoms with van der Waals surface area (Å²) in [5.74, 6) is -4.70. The second kappa shape index (κ2) is 9.46. The monoisotopic (exact) mass is 377 g/mol. The number of amides is 1. The Bertz CT molecular complexity index is 533. The molecule has 0 aromatic rings. The Morgan fingerprint density at radius 2 is 1.65 bits per heavy atom. The summed E-state index contributed by atoms with van der Waals surface area (Å²) in [5.41, 5.74) is 0. The second-order valence-electron chi connectivity index (χ2n) is 5.61. The summed E-state index contributed by atoms with van der Waals surface area (Å²) in [6.45, 7) is 3.52. The smallest absolute Gasteiger partial charge is 0.305 e. The van der Waals surface area contributed by atoms with Crippen molar-refractivity contribution < 1.29 is 48.0 Å². The van der Waals surface area contributed by atoms with Gasteiger partial charge in [0.25, 0.3) is 5.79 Å². The van der Waals surface area contributed by atoms with Gasteiger partial charge in [0, 0.05) is 27.7 Å². The van der Waals surface area contributed by atoms with Gasteiger partial charge in [-0.1, -0.05) is 0 Å². The topological polar surface area (TPSA) is 147 Å². The van der Waals surface area contributed by atoms with Crippen LogP contribution in [0.2, 0.25) is 0 Å². The molecule has 1 aliphatic heterocycles. The highest BCUT2D eigenvalue weighted by molar-refractivity contribution is 5.74. The third kappa shape index (κ3) is 6.24. The van der Waals surface area contributed by atoms with Gasteiger partial charge in [-0.05, 0) is 0 Å². The zero-order chi connectivity index (χ0) is 19.9. The highest BCUT2D eigenvalue weighted by Gasteiger charge is 2.57. The maximum absolute atomic E-state index is 11.6. The van der Waals surface area contributed by atoms with Gasteiger partial charge in [0.15, 0.2) is 12.3 Å². The quantitative estimate of drug-likeness (QED) is 0.416. The van der Waals surface area contributed by atoms with Crippen molar-refractivity contribution in [2.24, 2.45) is 0 Å². The summed E-state index contributed by atoms with van der Waals surface area (Å²) in [5, 5.41) is 11.5. The predicted molar refractivity (Wildman–Crippen MR) is 81.9 cm³/mol. The molecule has 3 unspecified atom stereocenters. The van der Waals surface area contributed by atoms with Crippen LogP contribution in [-0.2, 0) is 42.9 Å². The van der Waals surface area contributed by atoms with Crippen molar-refractivity contribution >= 4 is 23.8 Å². The summed E-state index contributed by atoms with van der Waals surface area (Å²) in [4.78, 5) is 45.9. The van der Waals surface area contributed by atoms with E-state index in [9.17, 15) is 19.2 Å². The molecule has 1 heterocycles. The first-order chi connectivity index (χ1) is 12.1. The number of aliphatic hydroxyl groups is 1. The number of carbonyl (C=O) groups excluding carboxylic acids is 4. The van der Waals surface area contributed by atoms with Crippen LogP contribution < -0.4 is 5.32 Å². The van der Waals surface area contributed by atoms with Gasteiger partial charge in [0.05, 0.1) is 6.42 Å². The van der Waals surface area contributed by atoms with E-state index in [1.54, 1.807) is 0 Å². The lowest BCUT2D eigenvalue weighted by atomic mass is 9.95. The van der Waals surface area contributed by atoms with Gasteiger partial charge in [0.2, 0.25) is 5.91 Å². The first-order valence-corrected chi connectivity index (χ1v) is 7.77. The van der Waals surface area contributed by atoms with Crippen molar-refractivity contribution in [3.63, 3.8) is 0 Å². The van der Waals surface area contributed by atoms with E-state index in [2.05, 4.69) is 5.32 Å². The first-order valence-electron chi connectivity index (χ1n) is 7.77. The molecule has 0 spiro atoms. The molecule has 26 heavy (non-hydrogen) atoms. The van der Waals surface area contributed by atoms with E-state index in [1.165, 1.54) is 13.8 Å². The fraction of sp³-hybridized carbons (Fsp3) is 0.733. The molecule has 0 saturated carbocycles. The van der Waals surface area contributed by atoms with Crippen LogP contribution in [0.5, 0.6) is 0 Å². The lowest BCUT2D eigenvalue weighted by Gasteiger charge is -2.47. The molecule has 148 valence electrons. The van der Waals surface area contributed by atoms with Gasteiger partial charge in [0.1, 0.15) is 19.5 Å². The van der Waals surface area contributed by atoms with Gasteiger partial charge < -0.3 is 34.1 Å². The van der Waals surface area contributed by atoms with Crippen LogP contribution in [0.4, 0.5) is 0 Å². The number of aliphatic hydroxyl groups excluding tert-OH is 1. The average molecular weight is 377 g/mol. The third-order valence-electron chi connectivity index (χ3n) is 3.29. The minimum Gasteiger partial charge on any atom is -0.463 e. The van der Waals surface area contributed by atoms with Gasteiger partial charge in [-0.2, -0.15) is 0 Å². The van der Waals surface area contributed by atoms with Gasteiger partial charge in [-0.3, -0.25) is 19.2 Å². The number of ether oxygens (including phenoxy) is 5. The van der Waals surface area contributed by atoms with Crippen LogP contribution >= 0.6 is 0 Å². The zero-order valence-corrected chi connectivity index (χ0v) is 15.0. The molecule has 1 rings (SSSR count). The van der Waals surface area contributed by atoms with E-state index in [-0.39, 0.29) is 13.0 Å². The SMILES string of the molecule is CC(=O)NC1C(OCO)OC(COC(C)=O)CC1(OC(C)=O)OC(C)=O. The lowest BCUT2D eigenvalue weighted by molar-refractivity contribution is -0.330. The van der Waals surface area contributed by atoms with Gasteiger partial charge in [-0.15, -0.1) is 0 Å². The van der Waals surface area contributed by atoms with Gasteiger partial charge >= 0.3 is 17.9 Å². The molecule has 1 aliphatic rings. The fourth-order valence-corrected chi connectivity index (χ4v) is 2.60. The molecule has 11 heteroatoms. The van der Waals surface area contributed by atoms with Crippen LogP contribution in [0, 0.1) is 0 Å². The Hall–Kier alpha value is -2.24. The summed E-state index contributed by atoms with van der Waals surface area (Å²) in [7, 11) is 0. The van der Waals surface area contributed by atoms with Crippen molar-refractivity contribution in [1.29, 1.82) is 0 Å². The number of hydrogen-bond donors (Lipinski definition) is 2. The summed E-state index contributed by atoms with van der Waals surface area (Å²) in [6.07, 6.45) is -2.49.